The van der Waals surface area contributed by atoms with Crippen LogP contribution in [0.1, 0.15) is 6.42 Å². The number of anilines is 1. The fourth-order valence-electron chi connectivity index (χ4n) is 2.84. The second-order valence-electron chi connectivity index (χ2n) is 5.73. The largest absolute Gasteiger partial charge is 0.470 e. The molecule has 0 radical (unpaired) electrons. The first-order valence-electron chi connectivity index (χ1n) is 7.95. The molecule has 25 heavy (non-hydrogen) atoms. The lowest BCUT2D eigenvalue weighted by Crippen LogP contribution is -2.45. The predicted octanol–water partition coefficient (Wildman–Crippen LogP) is 3.85. The van der Waals surface area contributed by atoms with Gasteiger partial charge in [0.2, 0.25) is 0 Å². The van der Waals surface area contributed by atoms with Crippen LogP contribution in [-0.2, 0) is 4.79 Å². The van der Waals surface area contributed by atoms with E-state index in [4.69, 9.17) is 4.74 Å². The van der Waals surface area contributed by atoms with Crippen LogP contribution in [0.3, 0.4) is 0 Å². The van der Waals surface area contributed by atoms with Gasteiger partial charge in [-0.15, -0.1) is 0 Å². The van der Waals surface area contributed by atoms with Crippen LogP contribution in [0.2, 0.25) is 0 Å². The van der Waals surface area contributed by atoms with Crippen LogP contribution in [0.15, 0.2) is 67.0 Å². The first kappa shape index (κ1) is 15.3. The third-order valence-corrected chi connectivity index (χ3v) is 4.05. The van der Waals surface area contributed by atoms with E-state index in [1.807, 2.05) is 30.6 Å². The molecule has 6 heteroatoms. The Morgan fingerprint density at radius 1 is 1.12 bits per heavy atom. The number of carbonyl (C=O) groups excluding carboxylic acids is 1. The number of H-pyrrole nitrogens is 2. The Labute approximate surface area is 143 Å². The van der Waals surface area contributed by atoms with Crippen LogP contribution in [0.5, 0.6) is 5.75 Å². The fourth-order valence-corrected chi connectivity index (χ4v) is 2.84. The summed E-state index contributed by atoms with van der Waals surface area (Å²) in [5.41, 5.74) is 1.90. The van der Waals surface area contributed by atoms with Crippen LogP contribution >= 0.6 is 0 Å². The molecule has 126 valence electrons. The summed E-state index contributed by atoms with van der Waals surface area (Å²) in [6.45, 7) is 0. The van der Waals surface area contributed by atoms with E-state index in [0.717, 1.165) is 11.3 Å². The van der Waals surface area contributed by atoms with Gasteiger partial charge in [-0.05, 0) is 48.5 Å². The molecule has 2 N–H and O–H groups in total. The van der Waals surface area contributed by atoms with Gasteiger partial charge in [-0.1, -0.05) is 6.08 Å². The van der Waals surface area contributed by atoms with Crippen LogP contribution in [-0.4, -0.2) is 22.1 Å². The monoisotopic (exact) mass is 337 g/mol. The van der Waals surface area contributed by atoms with Crippen LogP contribution < -0.4 is 9.64 Å². The minimum Gasteiger partial charge on any atom is -0.470 e. The number of hydrogen-bond acceptors (Lipinski definition) is 2. The maximum absolute atomic E-state index is 13.1. The summed E-state index contributed by atoms with van der Waals surface area (Å²) in [6, 6.07) is 11.5. The molecule has 1 aromatic carbocycles. The predicted molar refractivity (Wildman–Crippen MR) is 92.6 cm³/mol. The van der Waals surface area contributed by atoms with E-state index >= 15 is 0 Å². The Bertz CT molecular complexity index is 897. The summed E-state index contributed by atoms with van der Waals surface area (Å²) in [4.78, 5) is 20.2. The SMILES string of the molecule is O=C1C=CC[C@@H](Oc2ccc(F)cc2)N1c1ccc(-c2cc[nH]c2)[nH]1. The second kappa shape index (κ2) is 6.32. The Morgan fingerprint density at radius 2 is 1.96 bits per heavy atom. The van der Waals surface area contributed by atoms with Gasteiger partial charge in [0, 0.05) is 30.1 Å². The number of hydrogen-bond donors (Lipinski definition) is 2. The quantitative estimate of drug-likeness (QED) is 0.760. The van der Waals surface area contributed by atoms with Crippen molar-refractivity contribution in [2.75, 3.05) is 4.90 Å². The first-order chi connectivity index (χ1) is 12.2. The zero-order chi connectivity index (χ0) is 17.2. The van der Waals surface area contributed by atoms with Crippen molar-refractivity contribution in [3.63, 3.8) is 0 Å². The van der Waals surface area contributed by atoms with Crippen LogP contribution in [0.4, 0.5) is 10.2 Å². The van der Waals surface area contributed by atoms with Gasteiger partial charge in [-0.25, -0.2) is 4.39 Å². The smallest absolute Gasteiger partial charge is 0.254 e. The molecule has 1 aliphatic rings. The molecule has 0 saturated carbocycles. The minimum absolute atomic E-state index is 0.166. The lowest BCUT2D eigenvalue weighted by molar-refractivity contribution is -0.116. The third kappa shape index (κ3) is 3.06. The maximum Gasteiger partial charge on any atom is 0.254 e. The van der Waals surface area contributed by atoms with E-state index in [9.17, 15) is 9.18 Å². The highest BCUT2D eigenvalue weighted by Gasteiger charge is 2.29. The molecule has 0 fully saturated rings. The molecule has 3 aromatic rings. The number of aromatic nitrogens is 2. The molecule has 0 bridgehead atoms. The van der Waals surface area contributed by atoms with E-state index in [1.165, 1.54) is 18.2 Å². The van der Waals surface area contributed by atoms with Crippen molar-refractivity contribution in [3.8, 4) is 17.0 Å². The van der Waals surface area contributed by atoms with Gasteiger partial charge < -0.3 is 14.7 Å². The van der Waals surface area contributed by atoms with Crippen LogP contribution in [0, 0.1) is 5.82 Å². The number of rotatable bonds is 4. The van der Waals surface area contributed by atoms with Gasteiger partial charge in [-0.3, -0.25) is 9.69 Å². The molecular weight excluding hydrogens is 321 g/mol. The number of aromatic amines is 2. The van der Waals surface area contributed by atoms with Gasteiger partial charge in [-0.2, -0.15) is 0 Å². The lowest BCUT2D eigenvalue weighted by atomic mass is 10.2. The van der Waals surface area contributed by atoms with Gasteiger partial charge in [0.15, 0.2) is 6.23 Å². The van der Waals surface area contributed by atoms with Crippen molar-refractivity contribution in [3.05, 3.63) is 72.8 Å². The van der Waals surface area contributed by atoms with E-state index in [-0.39, 0.29) is 11.7 Å². The minimum atomic E-state index is -0.499. The number of ether oxygens (including phenoxy) is 1. The number of amides is 1. The van der Waals surface area contributed by atoms with E-state index in [0.29, 0.717) is 18.0 Å². The summed E-state index contributed by atoms with van der Waals surface area (Å²) >= 11 is 0. The number of carbonyl (C=O) groups is 1. The molecule has 5 nitrogen and oxygen atoms in total. The standard InChI is InChI=1S/C19H16FN3O2/c20-14-4-6-15(7-5-14)25-19-3-1-2-18(24)23(19)17-9-8-16(22-17)13-10-11-21-12-13/h1-2,4-12,19,21-22H,3H2/t19-/m1/s1. The molecule has 1 amide bonds. The van der Waals surface area contributed by atoms with Gasteiger partial charge in [0.05, 0.1) is 0 Å². The van der Waals surface area contributed by atoms with Crippen molar-refractivity contribution in [2.24, 2.45) is 0 Å². The topological polar surface area (TPSA) is 61.1 Å². The van der Waals surface area contributed by atoms with Crippen molar-refractivity contribution < 1.29 is 13.9 Å². The molecule has 4 rings (SSSR count). The van der Waals surface area contributed by atoms with E-state index < -0.39 is 6.23 Å². The molecule has 2 aromatic heterocycles. The van der Waals surface area contributed by atoms with Gasteiger partial charge >= 0.3 is 0 Å². The molecule has 0 unspecified atom stereocenters. The highest BCUT2D eigenvalue weighted by Crippen LogP contribution is 2.28. The summed E-state index contributed by atoms with van der Waals surface area (Å²) in [6.07, 6.45) is 7.07. The zero-order valence-electron chi connectivity index (χ0n) is 13.3. The normalized spacial score (nSPS) is 17.1. The summed E-state index contributed by atoms with van der Waals surface area (Å²) in [5, 5.41) is 0. The van der Waals surface area contributed by atoms with Gasteiger partial charge in [0.1, 0.15) is 17.4 Å². The highest BCUT2D eigenvalue weighted by molar-refractivity contribution is 6.02. The molecule has 1 aliphatic heterocycles. The van der Waals surface area contributed by atoms with Crippen molar-refractivity contribution in [1.29, 1.82) is 0 Å². The Morgan fingerprint density at radius 3 is 2.72 bits per heavy atom. The molecule has 0 saturated heterocycles. The Hall–Kier alpha value is -3.28. The van der Waals surface area contributed by atoms with E-state index in [2.05, 4.69) is 9.97 Å². The number of benzene rings is 1. The maximum atomic E-state index is 13.1. The molecule has 0 spiro atoms. The lowest BCUT2D eigenvalue weighted by Gasteiger charge is -2.32. The Balaban J connectivity index is 1.61. The van der Waals surface area contributed by atoms with E-state index in [1.54, 1.807) is 23.1 Å². The zero-order valence-corrected chi connectivity index (χ0v) is 13.3. The first-order valence-corrected chi connectivity index (χ1v) is 7.95. The molecular formula is C19H16FN3O2. The number of nitrogens with one attached hydrogen (secondary N) is 2. The second-order valence-corrected chi connectivity index (χ2v) is 5.73. The summed E-state index contributed by atoms with van der Waals surface area (Å²) in [5.74, 6) is 0.666. The number of halogens is 1. The average molecular weight is 337 g/mol. The summed E-state index contributed by atoms with van der Waals surface area (Å²) < 4.78 is 19.0. The molecule has 0 aliphatic carbocycles. The Kier molecular flexibility index (Phi) is 3.85. The van der Waals surface area contributed by atoms with Crippen molar-refractivity contribution in [2.45, 2.75) is 12.6 Å². The fraction of sp³-hybridized carbons (Fsp3) is 0.105. The number of nitrogens with zero attached hydrogens (tertiary/aromatic N) is 1. The molecule has 3 heterocycles. The van der Waals surface area contributed by atoms with Crippen LogP contribution in [0.25, 0.3) is 11.3 Å². The third-order valence-electron chi connectivity index (χ3n) is 4.05. The highest BCUT2D eigenvalue weighted by atomic mass is 19.1. The van der Waals surface area contributed by atoms with Crippen molar-refractivity contribution in [1.82, 2.24) is 9.97 Å². The van der Waals surface area contributed by atoms with Gasteiger partial charge in [0.25, 0.3) is 5.91 Å². The average Bonchev–Trinajstić information content (AvgIpc) is 3.28. The summed E-state index contributed by atoms with van der Waals surface area (Å²) in [7, 11) is 0. The van der Waals surface area contributed by atoms with Crippen molar-refractivity contribution >= 4 is 11.7 Å². The molecule has 1 atom stereocenters.